The van der Waals surface area contributed by atoms with E-state index in [-0.39, 0.29) is 6.04 Å². The minimum atomic E-state index is -3.44. The number of piperidine rings is 2. The Hall–Kier alpha value is -5.29. The Labute approximate surface area is 389 Å². The van der Waals surface area contributed by atoms with Gasteiger partial charge in [-0.05, 0) is 85.7 Å². The topological polar surface area (TPSA) is 225 Å². The van der Waals surface area contributed by atoms with E-state index in [0.717, 1.165) is 62.1 Å². The van der Waals surface area contributed by atoms with Gasteiger partial charge in [0.1, 0.15) is 0 Å². The molecule has 2 aromatic carbocycles. The molecule has 6 heterocycles. The molecule has 344 valence electrons. The van der Waals surface area contributed by atoms with E-state index in [4.69, 9.17) is 52.0 Å². The molecular formula is C43H48Cl2N10O7S3. The maximum Gasteiger partial charge on any atom is 0.264 e. The SMILES string of the molecule is CS(=O)(=O)OC1CCN(S(C)(=O)=O)CC1.[C-]#[N+]c1cc2c(-c3cncc(N)c3Cl)c[nH]c2cc1C.[C-]#[N+]c1cc2c(-c3cncc(N)c3Cl)cn(C3CCN(S(C)(=O)=O)CC3)c2cc1C. The van der Waals surface area contributed by atoms with Crippen molar-refractivity contribution < 1.29 is 29.4 Å². The number of sulfonamides is 2. The van der Waals surface area contributed by atoms with E-state index in [1.807, 2.05) is 50.5 Å². The normalized spacial score (nSPS) is 15.7. The fourth-order valence-electron chi connectivity index (χ4n) is 7.89. The largest absolute Gasteiger partial charge is 0.396 e. The lowest BCUT2D eigenvalue weighted by Gasteiger charge is -2.31. The molecule has 0 amide bonds. The molecule has 0 bridgehead atoms. The molecule has 2 fully saturated rings. The van der Waals surface area contributed by atoms with E-state index in [1.165, 1.54) is 27.3 Å². The lowest BCUT2D eigenvalue weighted by atomic mass is 10.0. The first-order valence-electron chi connectivity index (χ1n) is 20.1. The summed E-state index contributed by atoms with van der Waals surface area (Å²) in [5.74, 6) is 0. The molecule has 5 N–H and O–H groups in total. The predicted octanol–water partition coefficient (Wildman–Crippen LogP) is 8.11. The number of nitrogens with one attached hydrogen (secondary N) is 1. The van der Waals surface area contributed by atoms with E-state index in [1.54, 1.807) is 12.4 Å². The Morgan fingerprint density at radius 2 is 1.17 bits per heavy atom. The summed E-state index contributed by atoms with van der Waals surface area (Å²) in [5.41, 5.74) is 20.9. The number of fused-ring (bicyclic) bond motifs is 2. The van der Waals surface area contributed by atoms with Crippen LogP contribution in [0.1, 0.15) is 42.9 Å². The molecule has 0 atom stereocenters. The molecule has 0 spiro atoms. The van der Waals surface area contributed by atoms with Gasteiger partial charge in [-0.25, -0.2) is 35.1 Å². The number of hydrogen-bond donors (Lipinski definition) is 3. The van der Waals surface area contributed by atoms with E-state index >= 15 is 0 Å². The molecule has 8 rings (SSSR count). The van der Waals surface area contributed by atoms with Crippen molar-refractivity contribution in [3.63, 3.8) is 0 Å². The number of rotatable bonds is 7. The number of pyridine rings is 2. The van der Waals surface area contributed by atoms with Crippen LogP contribution in [0.3, 0.4) is 0 Å². The summed E-state index contributed by atoms with van der Waals surface area (Å²) in [7, 11) is -9.80. The first-order valence-corrected chi connectivity index (χ1v) is 26.4. The van der Waals surface area contributed by atoms with Gasteiger partial charge in [-0.2, -0.15) is 8.42 Å². The van der Waals surface area contributed by atoms with Crippen LogP contribution in [-0.4, -0.2) is 104 Å². The van der Waals surface area contributed by atoms with Crippen molar-refractivity contribution in [1.29, 1.82) is 0 Å². The number of anilines is 2. The molecule has 4 aromatic heterocycles. The van der Waals surface area contributed by atoms with Crippen LogP contribution in [0, 0.1) is 27.0 Å². The van der Waals surface area contributed by atoms with Crippen molar-refractivity contribution in [3.8, 4) is 22.3 Å². The lowest BCUT2D eigenvalue weighted by Crippen LogP contribution is -2.40. The monoisotopic (exact) mass is 982 g/mol. The third-order valence-electron chi connectivity index (χ3n) is 11.3. The van der Waals surface area contributed by atoms with Gasteiger partial charge in [0.2, 0.25) is 20.0 Å². The summed E-state index contributed by atoms with van der Waals surface area (Å²) in [6.07, 6.45) is 15.5. The Bertz CT molecular complexity index is 3200. The zero-order chi connectivity index (χ0) is 47.6. The number of H-pyrrole nitrogens is 1. The number of aromatic amines is 1. The predicted molar refractivity (Wildman–Crippen MR) is 258 cm³/mol. The minimum absolute atomic E-state index is 0.144. The summed E-state index contributed by atoms with van der Waals surface area (Å²) in [6, 6.07) is 7.87. The third kappa shape index (κ3) is 11.4. The molecule has 2 saturated heterocycles. The number of aromatic nitrogens is 4. The summed E-state index contributed by atoms with van der Waals surface area (Å²) in [6.45, 7) is 20.2. The van der Waals surface area contributed by atoms with Crippen LogP contribution in [0.15, 0.2) is 61.4 Å². The van der Waals surface area contributed by atoms with Crippen LogP contribution in [0.25, 0.3) is 53.7 Å². The van der Waals surface area contributed by atoms with Crippen LogP contribution < -0.4 is 11.5 Å². The molecule has 22 heteroatoms. The molecule has 0 saturated carbocycles. The summed E-state index contributed by atoms with van der Waals surface area (Å²) in [5, 5.41) is 2.76. The van der Waals surface area contributed by atoms with Gasteiger partial charge in [-0.1, -0.05) is 23.2 Å². The maximum absolute atomic E-state index is 11.9. The quantitative estimate of drug-likeness (QED) is 0.102. The highest BCUT2D eigenvalue weighted by Gasteiger charge is 2.29. The van der Waals surface area contributed by atoms with Crippen molar-refractivity contribution >= 4 is 97.9 Å². The fraction of sp³-hybridized carbons (Fsp3) is 0.349. The molecule has 0 unspecified atom stereocenters. The van der Waals surface area contributed by atoms with E-state index in [0.29, 0.717) is 90.2 Å². The van der Waals surface area contributed by atoms with Crippen LogP contribution in [0.5, 0.6) is 0 Å². The highest BCUT2D eigenvalue weighted by molar-refractivity contribution is 7.88. The van der Waals surface area contributed by atoms with Crippen LogP contribution in [-0.2, 0) is 34.3 Å². The highest BCUT2D eigenvalue weighted by Crippen LogP contribution is 2.42. The Morgan fingerprint density at radius 1 is 0.692 bits per heavy atom. The number of nitrogens with zero attached hydrogens (tertiary/aromatic N) is 7. The first-order chi connectivity index (χ1) is 30.5. The van der Waals surface area contributed by atoms with Gasteiger partial charge in [-0.15, -0.1) is 0 Å². The number of benzene rings is 2. The summed E-state index contributed by atoms with van der Waals surface area (Å²) >= 11 is 12.7. The van der Waals surface area contributed by atoms with Gasteiger partial charge in [0.15, 0.2) is 11.4 Å². The fourth-order valence-corrected chi connectivity index (χ4v) is 10.7. The van der Waals surface area contributed by atoms with E-state index in [2.05, 4.69) is 29.2 Å². The van der Waals surface area contributed by atoms with Crippen LogP contribution in [0.4, 0.5) is 22.7 Å². The number of hydrogen-bond acceptors (Lipinski definition) is 11. The smallest absolute Gasteiger partial charge is 0.264 e. The molecular weight excluding hydrogens is 936 g/mol. The molecule has 17 nitrogen and oxygen atoms in total. The Kier molecular flexibility index (Phi) is 14.9. The number of nitrogens with two attached hydrogens (primary N) is 2. The second kappa shape index (κ2) is 19.7. The average molecular weight is 984 g/mol. The summed E-state index contributed by atoms with van der Waals surface area (Å²) in [4.78, 5) is 18.7. The second-order valence-electron chi connectivity index (χ2n) is 16.0. The maximum atomic E-state index is 11.9. The molecule has 65 heavy (non-hydrogen) atoms. The molecule has 2 aliphatic rings. The standard InChI is InChI=1S/C21H22ClN5O2S.C15H11ClN4.C7H15NO5S2/c1-13-8-20-15(9-19(13)24-2)17(16-10-25-11-18(23)21(16)22)12-27(20)14-4-6-26(7-5-14)30(3,28)29;1-8-3-14-9(4-13(8)18-2)10(6-20-14)11-5-19-7-12(17)15(11)16;1-14(9,10)8-5-3-7(4-6-8)13-15(2,11)12/h8-12,14H,4-7,23H2,1,3H3;3-7,20H,17H2,1H3;7H,3-6H2,1-2H3. The van der Waals surface area contributed by atoms with Gasteiger partial charge in [0, 0.05) is 90.3 Å². The second-order valence-corrected chi connectivity index (χ2v) is 22.3. The molecule has 6 aromatic rings. The summed E-state index contributed by atoms with van der Waals surface area (Å²) < 4.78 is 77.5. The van der Waals surface area contributed by atoms with Crippen LogP contribution in [0.2, 0.25) is 10.0 Å². The van der Waals surface area contributed by atoms with Gasteiger partial charge in [0.05, 0.1) is 71.8 Å². The Morgan fingerprint density at radius 3 is 1.66 bits per heavy atom. The van der Waals surface area contributed by atoms with Crippen molar-refractivity contribution in [3.05, 3.63) is 105 Å². The van der Waals surface area contributed by atoms with Gasteiger partial charge in [0.25, 0.3) is 10.1 Å². The van der Waals surface area contributed by atoms with E-state index < -0.39 is 36.3 Å². The van der Waals surface area contributed by atoms with Gasteiger partial charge in [-0.3, -0.25) is 14.2 Å². The molecule has 0 radical (unpaired) electrons. The molecule has 0 aliphatic carbocycles. The lowest BCUT2D eigenvalue weighted by molar-refractivity contribution is 0.143. The number of nitrogen functional groups attached to an aromatic ring is 2. The number of halogens is 2. The minimum Gasteiger partial charge on any atom is -0.396 e. The van der Waals surface area contributed by atoms with Crippen molar-refractivity contribution in [2.45, 2.75) is 51.7 Å². The van der Waals surface area contributed by atoms with E-state index in [9.17, 15) is 25.3 Å². The zero-order valence-electron chi connectivity index (χ0n) is 36.2. The van der Waals surface area contributed by atoms with Gasteiger partial charge >= 0.3 is 0 Å². The zero-order valence-corrected chi connectivity index (χ0v) is 40.2. The van der Waals surface area contributed by atoms with Crippen molar-refractivity contribution in [1.82, 2.24) is 28.1 Å². The highest BCUT2D eigenvalue weighted by atomic mass is 35.5. The first kappa shape index (κ1) is 49.2. The number of aryl methyl sites for hydroxylation is 2. The van der Waals surface area contributed by atoms with Gasteiger partial charge < -0.3 is 21.0 Å². The van der Waals surface area contributed by atoms with Crippen LogP contribution >= 0.6 is 23.2 Å². The molecule has 2 aliphatic heterocycles. The third-order valence-corrected chi connectivity index (χ3v) is 15.3. The Balaban J connectivity index is 0.000000173. The van der Waals surface area contributed by atoms with Crippen molar-refractivity contribution in [2.24, 2.45) is 0 Å². The average Bonchev–Trinajstić information content (AvgIpc) is 3.82. The van der Waals surface area contributed by atoms with Crippen molar-refractivity contribution in [2.75, 3.05) is 56.4 Å².